The van der Waals surface area contributed by atoms with Gasteiger partial charge < -0.3 is 35.0 Å². The third kappa shape index (κ3) is 6.13. The van der Waals surface area contributed by atoms with Gasteiger partial charge in [-0.1, -0.05) is 0 Å². The van der Waals surface area contributed by atoms with Gasteiger partial charge in [0.25, 0.3) is 0 Å². The molecule has 2 fully saturated rings. The number of fused-ring (bicyclic) bond motifs is 3. The number of aliphatic hydroxyl groups excluding tert-OH is 1. The lowest BCUT2D eigenvalue weighted by Crippen LogP contribution is -2.50. The average molecular weight is 549 g/mol. The van der Waals surface area contributed by atoms with E-state index in [-0.39, 0.29) is 36.6 Å². The first-order valence-electron chi connectivity index (χ1n) is 12.9. The molecule has 9 nitrogen and oxygen atoms in total. The number of amides is 3. The Bertz CT molecular complexity index is 1200. The zero-order valence-corrected chi connectivity index (χ0v) is 21.4. The number of alkyl halides is 3. The Morgan fingerprint density at radius 2 is 1.69 bits per heavy atom. The van der Waals surface area contributed by atoms with Crippen LogP contribution >= 0.6 is 0 Å². The quantitative estimate of drug-likeness (QED) is 0.529. The number of halogens is 3. The fourth-order valence-corrected chi connectivity index (χ4v) is 5.38. The van der Waals surface area contributed by atoms with Crippen LogP contribution in [0.15, 0.2) is 42.5 Å². The van der Waals surface area contributed by atoms with Gasteiger partial charge in [0.1, 0.15) is 18.0 Å². The SMILES string of the molecule is CN1CCN(C(=O)C[C@@H]2C[C@H]3c4cc(NC(=O)Nc5ccc(C(F)(F)F)cc5)ccc4O[C@H]3[C@H](CO)O2)CC1. The Morgan fingerprint density at radius 3 is 2.36 bits per heavy atom. The fourth-order valence-electron chi connectivity index (χ4n) is 5.38. The summed E-state index contributed by atoms with van der Waals surface area (Å²) in [5.74, 6) is 0.500. The molecule has 0 aromatic heterocycles. The highest BCUT2D eigenvalue weighted by Gasteiger charge is 2.46. The second kappa shape index (κ2) is 11.0. The van der Waals surface area contributed by atoms with Crippen LogP contribution in [0.2, 0.25) is 0 Å². The number of rotatable bonds is 5. The van der Waals surface area contributed by atoms with Crippen molar-refractivity contribution in [2.24, 2.45) is 0 Å². The molecule has 3 aliphatic rings. The summed E-state index contributed by atoms with van der Waals surface area (Å²) in [6.07, 6.45) is -5.12. The first kappa shape index (κ1) is 27.2. The van der Waals surface area contributed by atoms with Gasteiger partial charge in [-0.25, -0.2) is 4.79 Å². The van der Waals surface area contributed by atoms with E-state index >= 15 is 0 Å². The zero-order chi connectivity index (χ0) is 27.7. The van der Waals surface area contributed by atoms with Gasteiger partial charge in [0, 0.05) is 49.0 Å². The molecule has 3 aliphatic heterocycles. The molecule has 3 N–H and O–H groups in total. The molecule has 2 aromatic carbocycles. The standard InChI is InChI=1S/C27H31F3N4O5/c1-33-8-10-34(11-9-33)24(36)14-19-13-21-20-12-18(6-7-22(20)39-25(21)23(15-35)38-19)32-26(37)31-17-4-2-16(3-5-17)27(28,29)30/h2-7,12,19,21,23,25,35H,8-11,13-15H2,1H3,(H2,31,32,37)/t19-,21-,23-,25+/m0/s1. The molecule has 0 bridgehead atoms. The molecular formula is C27H31F3N4O5. The maximum absolute atomic E-state index is 12.9. The number of anilines is 2. The molecule has 2 saturated heterocycles. The van der Waals surface area contributed by atoms with Crippen molar-refractivity contribution < 1.29 is 37.3 Å². The van der Waals surface area contributed by atoms with Crippen LogP contribution in [0.5, 0.6) is 5.75 Å². The average Bonchev–Trinajstić information content (AvgIpc) is 3.26. The Kier molecular flexibility index (Phi) is 7.70. The molecule has 0 aliphatic carbocycles. The van der Waals surface area contributed by atoms with E-state index in [9.17, 15) is 27.9 Å². The number of nitrogens with one attached hydrogen (secondary N) is 2. The first-order valence-corrected chi connectivity index (χ1v) is 12.9. The molecule has 4 atom stereocenters. The summed E-state index contributed by atoms with van der Waals surface area (Å²) in [5, 5.41) is 15.2. The number of piperazine rings is 1. The number of hydrogen-bond acceptors (Lipinski definition) is 6. The van der Waals surface area contributed by atoms with Crippen molar-refractivity contribution in [3.63, 3.8) is 0 Å². The van der Waals surface area contributed by atoms with Crippen molar-refractivity contribution in [1.82, 2.24) is 9.80 Å². The van der Waals surface area contributed by atoms with Gasteiger partial charge in [0.2, 0.25) is 5.91 Å². The van der Waals surface area contributed by atoms with Crippen molar-refractivity contribution >= 4 is 23.3 Å². The van der Waals surface area contributed by atoms with Gasteiger partial charge in [-0.3, -0.25) is 4.79 Å². The molecular weight excluding hydrogens is 517 g/mol. The van der Waals surface area contributed by atoms with E-state index < -0.39 is 30.0 Å². The third-order valence-corrected chi connectivity index (χ3v) is 7.49. The zero-order valence-electron chi connectivity index (χ0n) is 21.4. The predicted molar refractivity (Wildman–Crippen MR) is 137 cm³/mol. The van der Waals surface area contributed by atoms with Crippen LogP contribution in [0.25, 0.3) is 0 Å². The highest BCUT2D eigenvalue weighted by atomic mass is 19.4. The normalized spacial score (nSPS) is 24.9. The van der Waals surface area contributed by atoms with Crippen LogP contribution in [0.3, 0.4) is 0 Å². The lowest BCUT2D eigenvalue weighted by atomic mass is 9.84. The largest absolute Gasteiger partial charge is 0.487 e. The van der Waals surface area contributed by atoms with E-state index in [2.05, 4.69) is 15.5 Å². The summed E-state index contributed by atoms with van der Waals surface area (Å²) in [6.45, 7) is 2.74. The minimum absolute atomic E-state index is 0.0257. The van der Waals surface area contributed by atoms with E-state index in [1.54, 1.807) is 18.2 Å². The number of carbonyl (C=O) groups is 2. The molecule has 0 saturated carbocycles. The van der Waals surface area contributed by atoms with Crippen molar-refractivity contribution in [1.29, 1.82) is 0 Å². The van der Waals surface area contributed by atoms with E-state index in [0.29, 0.717) is 30.9 Å². The summed E-state index contributed by atoms with van der Waals surface area (Å²) in [6, 6.07) is 8.72. The van der Waals surface area contributed by atoms with E-state index in [1.807, 2.05) is 11.9 Å². The molecule has 0 radical (unpaired) electrons. The summed E-state index contributed by atoms with van der Waals surface area (Å²) in [7, 11) is 2.02. The number of carbonyl (C=O) groups excluding carboxylic acids is 2. The minimum Gasteiger partial charge on any atom is -0.487 e. The van der Waals surface area contributed by atoms with Gasteiger partial charge in [-0.15, -0.1) is 0 Å². The van der Waals surface area contributed by atoms with Crippen molar-refractivity contribution in [2.75, 3.05) is 50.5 Å². The Labute approximate surface area is 223 Å². The number of hydrogen-bond donors (Lipinski definition) is 3. The highest BCUT2D eigenvalue weighted by Crippen LogP contribution is 2.47. The van der Waals surface area contributed by atoms with Crippen molar-refractivity contribution in [3.05, 3.63) is 53.6 Å². The van der Waals surface area contributed by atoms with Crippen LogP contribution in [-0.2, 0) is 15.7 Å². The topological polar surface area (TPSA) is 103 Å². The van der Waals surface area contributed by atoms with Crippen LogP contribution in [0.1, 0.15) is 29.9 Å². The van der Waals surface area contributed by atoms with Gasteiger partial charge >= 0.3 is 12.2 Å². The molecule has 39 heavy (non-hydrogen) atoms. The Hall–Kier alpha value is -3.35. The van der Waals surface area contributed by atoms with E-state index in [4.69, 9.17) is 9.47 Å². The lowest BCUT2D eigenvalue weighted by molar-refractivity contribution is -0.150. The van der Waals surface area contributed by atoms with Crippen LogP contribution in [-0.4, -0.2) is 85.0 Å². The van der Waals surface area contributed by atoms with E-state index in [1.165, 1.54) is 12.1 Å². The van der Waals surface area contributed by atoms with Gasteiger partial charge in [0.05, 0.1) is 24.7 Å². The maximum Gasteiger partial charge on any atom is 0.416 e. The highest BCUT2D eigenvalue weighted by molar-refractivity contribution is 5.99. The minimum atomic E-state index is -4.46. The lowest BCUT2D eigenvalue weighted by Gasteiger charge is -2.38. The summed E-state index contributed by atoms with van der Waals surface area (Å²) in [4.78, 5) is 29.5. The maximum atomic E-state index is 12.9. The summed E-state index contributed by atoms with van der Waals surface area (Å²) < 4.78 is 50.5. The molecule has 0 unspecified atom stereocenters. The number of likely N-dealkylation sites (N-methyl/N-ethyl adjacent to an activating group) is 1. The number of nitrogens with zero attached hydrogens (tertiary/aromatic N) is 2. The molecule has 0 spiro atoms. The molecule has 3 heterocycles. The van der Waals surface area contributed by atoms with Gasteiger partial charge in [-0.05, 0) is 55.9 Å². The smallest absolute Gasteiger partial charge is 0.416 e. The number of aliphatic hydroxyl groups is 1. The van der Waals surface area contributed by atoms with Crippen LogP contribution in [0.4, 0.5) is 29.3 Å². The van der Waals surface area contributed by atoms with E-state index in [0.717, 1.165) is 30.8 Å². The Balaban J connectivity index is 1.24. The number of ether oxygens (including phenoxy) is 2. The summed E-state index contributed by atoms with van der Waals surface area (Å²) in [5.41, 5.74) is 0.724. The second-order valence-electron chi connectivity index (χ2n) is 10.2. The molecule has 5 rings (SSSR count). The predicted octanol–water partition coefficient (Wildman–Crippen LogP) is 3.51. The third-order valence-electron chi connectivity index (χ3n) is 7.49. The monoisotopic (exact) mass is 548 g/mol. The van der Waals surface area contributed by atoms with Gasteiger partial charge in [-0.2, -0.15) is 13.2 Å². The second-order valence-corrected chi connectivity index (χ2v) is 10.2. The summed E-state index contributed by atoms with van der Waals surface area (Å²) >= 11 is 0. The number of urea groups is 1. The molecule has 2 aromatic rings. The molecule has 3 amide bonds. The fraction of sp³-hybridized carbons (Fsp3) is 0.481. The Morgan fingerprint density at radius 1 is 1.03 bits per heavy atom. The number of benzene rings is 2. The van der Waals surface area contributed by atoms with Crippen molar-refractivity contribution in [3.8, 4) is 5.75 Å². The molecule has 210 valence electrons. The van der Waals surface area contributed by atoms with Crippen molar-refractivity contribution in [2.45, 2.75) is 43.2 Å². The van der Waals surface area contributed by atoms with Crippen LogP contribution in [0, 0.1) is 0 Å². The molecule has 12 heteroatoms. The van der Waals surface area contributed by atoms with Crippen LogP contribution < -0.4 is 15.4 Å². The first-order chi connectivity index (χ1) is 18.6. The van der Waals surface area contributed by atoms with Gasteiger partial charge in [0.15, 0.2) is 0 Å².